The number of carboxylic acids is 1. The Balaban J connectivity index is 2.29. The molecule has 0 spiro atoms. The van der Waals surface area contributed by atoms with Gasteiger partial charge in [0.25, 0.3) is 5.69 Å². The lowest BCUT2D eigenvalue weighted by atomic mass is 10.1. The predicted octanol–water partition coefficient (Wildman–Crippen LogP) is 2.89. The van der Waals surface area contributed by atoms with Gasteiger partial charge in [-0.15, -0.1) is 0 Å². The second-order valence-electron chi connectivity index (χ2n) is 4.95. The van der Waals surface area contributed by atoms with Crippen LogP contribution in [0.4, 0.5) is 11.4 Å². The molecule has 2 atom stereocenters. The Bertz CT molecular complexity index is 515. The molecule has 0 saturated heterocycles. The number of anilines is 1. The van der Waals surface area contributed by atoms with Crippen molar-refractivity contribution in [3.05, 3.63) is 33.9 Å². The summed E-state index contributed by atoms with van der Waals surface area (Å²) in [6, 6.07) is 4.18. The molecule has 1 aliphatic rings. The van der Waals surface area contributed by atoms with E-state index in [1.54, 1.807) is 0 Å². The standard InChI is InChI=1S/C13H16N2O4/c1-8-3-2-4-10(8)14-11-6-5-9(13(16)17)7-12(11)15(18)19/h5-8,10,14H,2-4H2,1H3,(H,16,17). The fourth-order valence-corrected chi connectivity index (χ4v) is 2.50. The summed E-state index contributed by atoms with van der Waals surface area (Å²) < 4.78 is 0. The van der Waals surface area contributed by atoms with Crippen molar-refractivity contribution in [2.24, 2.45) is 5.92 Å². The highest BCUT2D eigenvalue weighted by molar-refractivity contribution is 5.89. The van der Waals surface area contributed by atoms with Crippen molar-refractivity contribution in [3.8, 4) is 0 Å². The van der Waals surface area contributed by atoms with Crippen LogP contribution in [0.3, 0.4) is 0 Å². The molecule has 1 aromatic carbocycles. The molecule has 6 nitrogen and oxygen atoms in total. The van der Waals surface area contributed by atoms with E-state index in [2.05, 4.69) is 12.2 Å². The molecule has 0 aromatic heterocycles. The molecule has 2 rings (SSSR count). The van der Waals surface area contributed by atoms with Crippen molar-refractivity contribution in [2.45, 2.75) is 32.2 Å². The van der Waals surface area contributed by atoms with Crippen LogP contribution in [0.15, 0.2) is 18.2 Å². The largest absolute Gasteiger partial charge is 0.478 e. The molecule has 0 heterocycles. The summed E-state index contributed by atoms with van der Waals surface area (Å²) in [5.41, 5.74) is 0.143. The van der Waals surface area contributed by atoms with Crippen LogP contribution in [0, 0.1) is 16.0 Å². The van der Waals surface area contributed by atoms with Crippen molar-refractivity contribution >= 4 is 17.3 Å². The molecular formula is C13H16N2O4. The molecule has 19 heavy (non-hydrogen) atoms. The number of benzene rings is 1. The third kappa shape index (κ3) is 2.83. The Labute approximate surface area is 110 Å². The van der Waals surface area contributed by atoms with E-state index in [-0.39, 0.29) is 17.3 Å². The van der Waals surface area contributed by atoms with Crippen LogP contribution in [0.2, 0.25) is 0 Å². The maximum atomic E-state index is 11.0. The van der Waals surface area contributed by atoms with Crippen LogP contribution in [-0.4, -0.2) is 22.0 Å². The highest BCUT2D eigenvalue weighted by atomic mass is 16.6. The van der Waals surface area contributed by atoms with Crippen molar-refractivity contribution in [3.63, 3.8) is 0 Å². The highest BCUT2D eigenvalue weighted by Crippen LogP contribution is 2.32. The van der Waals surface area contributed by atoms with E-state index >= 15 is 0 Å². The molecule has 1 aliphatic carbocycles. The molecule has 1 aromatic rings. The first-order valence-electron chi connectivity index (χ1n) is 6.27. The van der Waals surface area contributed by atoms with Crippen LogP contribution in [0.25, 0.3) is 0 Å². The number of carbonyl (C=O) groups is 1. The second kappa shape index (κ2) is 5.26. The van der Waals surface area contributed by atoms with E-state index in [0.29, 0.717) is 11.6 Å². The van der Waals surface area contributed by atoms with Gasteiger partial charge in [0.2, 0.25) is 0 Å². The molecule has 1 fully saturated rings. The summed E-state index contributed by atoms with van der Waals surface area (Å²) in [4.78, 5) is 21.3. The molecule has 6 heteroatoms. The average Bonchev–Trinajstić information content (AvgIpc) is 2.75. The summed E-state index contributed by atoms with van der Waals surface area (Å²) in [6.07, 6.45) is 3.21. The number of nitro benzene ring substituents is 1. The van der Waals surface area contributed by atoms with E-state index in [1.165, 1.54) is 12.1 Å². The average molecular weight is 264 g/mol. The number of hydrogen-bond donors (Lipinski definition) is 2. The molecule has 0 amide bonds. The zero-order valence-electron chi connectivity index (χ0n) is 10.6. The van der Waals surface area contributed by atoms with Gasteiger partial charge >= 0.3 is 5.97 Å². The minimum absolute atomic E-state index is 0.0725. The van der Waals surface area contributed by atoms with Gasteiger partial charge in [-0.25, -0.2) is 4.79 Å². The van der Waals surface area contributed by atoms with Crippen molar-refractivity contribution in [1.29, 1.82) is 0 Å². The number of nitrogens with zero attached hydrogens (tertiary/aromatic N) is 1. The lowest BCUT2D eigenvalue weighted by Gasteiger charge is -2.18. The van der Waals surface area contributed by atoms with Gasteiger partial charge in [0.15, 0.2) is 0 Å². The minimum Gasteiger partial charge on any atom is -0.478 e. The zero-order chi connectivity index (χ0) is 14.0. The maximum Gasteiger partial charge on any atom is 0.335 e. The summed E-state index contributed by atoms with van der Waals surface area (Å²) in [5, 5.41) is 23.1. The third-order valence-electron chi connectivity index (χ3n) is 3.64. The Kier molecular flexibility index (Phi) is 3.69. The number of carboxylic acid groups (broad SMARTS) is 1. The molecule has 0 aliphatic heterocycles. The van der Waals surface area contributed by atoms with Crippen molar-refractivity contribution in [2.75, 3.05) is 5.32 Å². The van der Waals surface area contributed by atoms with E-state index in [1.807, 2.05) is 0 Å². The Morgan fingerprint density at radius 1 is 1.47 bits per heavy atom. The van der Waals surface area contributed by atoms with Gasteiger partial charge in [-0.05, 0) is 30.9 Å². The molecule has 102 valence electrons. The Hall–Kier alpha value is -2.11. The van der Waals surface area contributed by atoms with Gasteiger partial charge in [0, 0.05) is 12.1 Å². The van der Waals surface area contributed by atoms with E-state index in [9.17, 15) is 14.9 Å². The normalized spacial score (nSPS) is 22.2. The first kappa shape index (κ1) is 13.3. The van der Waals surface area contributed by atoms with E-state index < -0.39 is 10.9 Å². The Morgan fingerprint density at radius 3 is 2.74 bits per heavy atom. The number of rotatable bonds is 4. The van der Waals surface area contributed by atoms with Gasteiger partial charge in [-0.3, -0.25) is 10.1 Å². The quantitative estimate of drug-likeness (QED) is 0.644. The number of hydrogen-bond acceptors (Lipinski definition) is 4. The molecule has 2 unspecified atom stereocenters. The number of aromatic carboxylic acids is 1. The third-order valence-corrected chi connectivity index (χ3v) is 3.64. The van der Waals surface area contributed by atoms with Gasteiger partial charge in [0.1, 0.15) is 5.69 Å². The van der Waals surface area contributed by atoms with Crippen LogP contribution in [-0.2, 0) is 0 Å². The molecule has 0 bridgehead atoms. The predicted molar refractivity (Wildman–Crippen MR) is 70.5 cm³/mol. The summed E-state index contributed by atoms with van der Waals surface area (Å²) in [5.74, 6) is -0.692. The topological polar surface area (TPSA) is 92.5 Å². The molecule has 1 saturated carbocycles. The smallest absolute Gasteiger partial charge is 0.335 e. The van der Waals surface area contributed by atoms with Gasteiger partial charge in [-0.1, -0.05) is 13.3 Å². The summed E-state index contributed by atoms with van der Waals surface area (Å²) in [6.45, 7) is 2.11. The highest BCUT2D eigenvalue weighted by Gasteiger charge is 2.26. The molecular weight excluding hydrogens is 248 g/mol. The molecule has 2 N–H and O–H groups in total. The van der Waals surface area contributed by atoms with Crippen LogP contribution in [0.5, 0.6) is 0 Å². The van der Waals surface area contributed by atoms with Crippen LogP contribution in [0.1, 0.15) is 36.5 Å². The van der Waals surface area contributed by atoms with E-state index in [4.69, 9.17) is 5.11 Å². The van der Waals surface area contributed by atoms with Crippen LogP contribution < -0.4 is 5.32 Å². The fraction of sp³-hybridized carbons (Fsp3) is 0.462. The first-order valence-corrected chi connectivity index (χ1v) is 6.27. The first-order chi connectivity index (χ1) is 8.99. The summed E-state index contributed by atoms with van der Waals surface area (Å²) >= 11 is 0. The minimum atomic E-state index is -1.16. The lowest BCUT2D eigenvalue weighted by molar-refractivity contribution is -0.384. The monoisotopic (exact) mass is 264 g/mol. The maximum absolute atomic E-state index is 11.0. The second-order valence-corrected chi connectivity index (χ2v) is 4.95. The van der Waals surface area contributed by atoms with Crippen LogP contribution >= 0.6 is 0 Å². The number of nitrogens with one attached hydrogen (secondary N) is 1. The summed E-state index contributed by atoms with van der Waals surface area (Å²) in [7, 11) is 0. The van der Waals surface area contributed by atoms with Crippen molar-refractivity contribution in [1.82, 2.24) is 0 Å². The van der Waals surface area contributed by atoms with E-state index in [0.717, 1.165) is 25.3 Å². The zero-order valence-corrected chi connectivity index (χ0v) is 10.6. The molecule has 0 radical (unpaired) electrons. The van der Waals surface area contributed by atoms with Gasteiger partial charge < -0.3 is 10.4 Å². The Morgan fingerprint density at radius 2 is 2.21 bits per heavy atom. The fourth-order valence-electron chi connectivity index (χ4n) is 2.50. The number of nitro groups is 1. The van der Waals surface area contributed by atoms with Gasteiger partial charge in [0.05, 0.1) is 10.5 Å². The van der Waals surface area contributed by atoms with Gasteiger partial charge in [-0.2, -0.15) is 0 Å². The van der Waals surface area contributed by atoms with Crippen molar-refractivity contribution < 1.29 is 14.8 Å². The lowest BCUT2D eigenvalue weighted by Crippen LogP contribution is -2.22. The SMILES string of the molecule is CC1CCCC1Nc1ccc(C(=O)O)cc1[N+](=O)[O-].